The minimum atomic E-state index is 0. The van der Waals surface area contributed by atoms with Gasteiger partial charge in [0.15, 0.2) is 0 Å². The summed E-state index contributed by atoms with van der Waals surface area (Å²) >= 11 is 1.86. The molecule has 0 radical (unpaired) electrons. The first-order valence-corrected chi connectivity index (χ1v) is 45.4. The van der Waals surface area contributed by atoms with Gasteiger partial charge in [-0.25, -0.2) is 29.9 Å². The van der Waals surface area contributed by atoms with Crippen LogP contribution in [0.25, 0.3) is 263 Å². The molecule has 0 aliphatic rings. The summed E-state index contributed by atoms with van der Waals surface area (Å²) in [6.45, 7) is 0. The molecule has 0 aliphatic heterocycles. The number of para-hydroxylation sites is 8. The van der Waals surface area contributed by atoms with Gasteiger partial charge in [0.05, 0.1) is 82.5 Å². The first-order chi connectivity index (χ1) is 65.5. The van der Waals surface area contributed by atoms with E-state index >= 15 is 0 Å². The van der Waals surface area contributed by atoms with E-state index in [1.165, 1.54) is 96.3 Å². The van der Waals surface area contributed by atoms with Crippen LogP contribution < -0.4 is 0 Å². The molecule has 9 heterocycles. The van der Waals surface area contributed by atoms with E-state index in [0.29, 0.717) is 17.8 Å². The molecule has 0 unspecified atom stereocenters. The fraction of sp³-hybridized carbons (Fsp3) is 0.0244. The largest absolute Gasteiger partial charge is 0.455 e. The number of fused-ring (bicyclic) bond motifs is 31. The van der Waals surface area contributed by atoms with E-state index in [0.717, 1.165) is 149 Å². The molecule has 0 saturated carbocycles. The zero-order valence-corrected chi connectivity index (χ0v) is 71.7. The minimum Gasteiger partial charge on any atom is -0.455 e. The molecule has 0 amide bonds. The number of benzene rings is 20. The van der Waals surface area contributed by atoms with Crippen molar-refractivity contribution < 1.29 is 4.42 Å². The zero-order valence-electron chi connectivity index (χ0n) is 70.9. The monoisotopic (exact) mass is 1750 g/mol. The van der Waals surface area contributed by atoms with E-state index < -0.39 is 0 Å². The van der Waals surface area contributed by atoms with Gasteiger partial charge in [0, 0.05) is 124 Å². The summed E-state index contributed by atoms with van der Waals surface area (Å²) in [4.78, 5) is 31.7. The SMILES string of the molecule is C.C.C.c1ccc(-c2nc(-n3c4ccccc4c4c5c6ccccc6oc5c5ccccc5c43)nc3ccccc23)cc1.c1ccc(-c2nc(-n3c4ccccc4c4c5ccccc5c5c6ccccc6sc5c43)nc3c2ccc2ccccc23)cc1.c1ccc(-c2nc(-n3c4ccccc4c4cc(-c5ccc6c(c5)c5ccccc5n6-c5ccccc5)ccc43)nc3ccccc23)cc1. The maximum Gasteiger partial charge on any atom is 0.235 e. The molecule has 9 aromatic heterocycles. The van der Waals surface area contributed by atoms with Crippen LogP contribution in [0.3, 0.4) is 0 Å². The number of rotatable bonds is 8. The maximum absolute atomic E-state index is 6.53. The van der Waals surface area contributed by atoms with Crippen molar-refractivity contribution in [3.8, 4) is 68.4 Å². The van der Waals surface area contributed by atoms with Crippen LogP contribution in [0.15, 0.2) is 441 Å². The second-order valence-electron chi connectivity index (χ2n) is 33.8. The fourth-order valence-electron chi connectivity index (χ4n) is 20.8. The highest BCUT2D eigenvalue weighted by Crippen LogP contribution is 2.51. The smallest absolute Gasteiger partial charge is 0.235 e. The molecule has 12 heteroatoms. The van der Waals surface area contributed by atoms with Gasteiger partial charge in [-0.05, 0) is 118 Å². The van der Waals surface area contributed by atoms with Crippen molar-refractivity contribution in [1.29, 1.82) is 0 Å². The van der Waals surface area contributed by atoms with Crippen molar-refractivity contribution >= 4 is 206 Å². The van der Waals surface area contributed by atoms with Gasteiger partial charge in [0.25, 0.3) is 0 Å². The lowest BCUT2D eigenvalue weighted by atomic mass is 9.99. The molecule has 0 fully saturated rings. The van der Waals surface area contributed by atoms with Crippen molar-refractivity contribution in [3.63, 3.8) is 0 Å². The first-order valence-electron chi connectivity index (χ1n) is 44.6. The number of furan rings is 1. The first kappa shape index (κ1) is 80.7. The van der Waals surface area contributed by atoms with Gasteiger partial charge in [-0.2, -0.15) is 0 Å². The molecule has 135 heavy (non-hydrogen) atoms. The quantitative estimate of drug-likeness (QED) is 0.139. The molecule has 0 N–H and O–H groups in total. The fourth-order valence-corrected chi connectivity index (χ4v) is 22.0. The average molecular weight is 1750 g/mol. The Kier molecular flexibility index (Phi) is 19.4. The van der Waals surface area contributed by atoms with Crippen molar-refractivity contribution in [2.24, 2.45) is 0 Å². The van der Waals surface area contributed by atoms with Gasteiger partial charge in [-0.15, -0.1) is 11.3 Å². The van der Waals surface area contributed by atoms with Crippen LogP contribution in [-0.2, 0) is 0 Å². The molecular weight excluding hydrogens is 1670 g/mol. The van der Waals surface area contributed by atoms with E-state index in [9.17, 15) is 0 Å². The highest BCUT2D eigenvalue weighted by molar-refractivity contribution is 7.27. The van der Waals surface area contributed by atoms with Crippen molar-refractivity contribution in [2.75, 3.05) is 0 Å². The van der Waals surface area contributed by atoms with E-state index in [1.54, 1.807) is 0 Å². The molecule has 20 aromatic carbocycles. The van der Waals surface area contributed by atoms with Crippen molar-refractivity contribution in [3.05, 3.63) is 437 Å². The summed E-state index contributed by atoms with van der Waals surface area (Å²) < 4.78 is 18.2. The lowest BCUT2D eigenvalue weighted by Gasteiger charge is -2.14. The van der Waals surface area contributed by atoms with Gasteiger partial charge in [-0.3, -0.25) is 13.7 Å². The summed E-state index contributed by atoms with van der Waals surface area (Å²) in [6.07, 6.45) is 0. The Labute approximate surface area is 780 Å². The van der Waals surface area contributed by atoms with Gasteiger partial charge < -0.3 is 8.98 Å². The Morgan fingerprint density at radius 3 is 1.19 bits per heavy atom. The van der Waals surface area contributed by atoms with Gasteiger partial charge in [0.2, 0.25) is 17.8 Å². The third-order valence-corrected chi connectivity index (χ3v) is 27.7. The molecule has 0 atom stereocenters. The molecule has 638 valence electrons. The predicted molar refractivity (Wildman–Crippen MR) is 571 cm³/mol. The zero-order chi connectivity index (χ0) is 86.6. The molecular formula is C123H84N10OS. The van der Waals surface area contributed by atoms with Crippen LogP contribution in [0.4, 0.5) is 0 Å². The minimum absolute atomic E-state index is 0. The Morgan fingerprint density at radius 1 is 0.215 bits per heavy atom. The second-order valence-corrected chi connectivity index (χ2v) is 34.8. The van der Waals surface area contributed by atoms with Crippen molar-refractivity contribution in [2.45, 2.75) is 22.3 Å². The molecule has 0 bridgehead atoms. The van der Waals surface area contributed by atoms with Crippen LogP contribution in [0, 0.1) is 0 Å². The second kappa shape index (κ2) is 32.5. The van der Waals surface area contributed by atoms with E-state index in [4.69, 9.17) is 34.3 Å². The summed E-state index contributed by atoms with van der Waals surface area (Å²) in [6, 6.07) is 154. The Hall–Kier alpha value is -17.6. The predicted octanol–water partition coefficient (Wildman–Crippen LogP) is 33.6. The third-order valence-electron chi connectivity index (χ3n) is 26.5. The average Bonchev–Trinajstić information content (AvgIpc) is 1.54. The number of aromatic nitrogens is 10. The Bertz CT molecular complexity index is 9820. The summed E-state index contributed by atoms with van der Waals surface area (Å²) in [5.41, 5.74) is 23.1. The number of nitrogens with zero attached hydrogens (tertiary/aromatic N) is 10. The van der Waals surface area contributed by atoms with Crippen LogP contribution >= 0.6 is 11.3 Å². The maximum atomic E-state index is 6.53. The molecule has 0 aliphatic carbocycles. The highest BCUT2D eigenvalue weighted by Gasteiger charge is 2.29. The summed E-state index contributed by atoms with van der Waals surface area (Å²) in [7, 11) is 0. The topological polar surface area (TPSA) is 110 Å². The number of hydrogen-bond donors (Lipinski definition) is 0. The third kappa shape index (κ3) is 12.7. The van der Waals surface area contributed by atoms with Gasteiger partial charge in [0.1, 0.15) is 11.2 Å². The highest BCUT2D eigenvalue weighted by atomic mass is 32.1. The van der Waals surface area contributed by atoms with E-state index in [1.807, 2.05) is 53.8 Å². The van der Waals surface area contributed by atoms with Gasteiger partial charge >= 0.3 is 0 Å². The lowest BCUT2D eigenvalue weighted by Crippen LogP contribution is -2.04. The van der Waals surface area contributed by atoms with Crippen LogP contribution in [-0.4, -0.2) is 48.2 Å². The summed E-state index contributed by atoms with van der Waals surface area (Å²) in [5.74, 6) is 2.01. The number of thiophene rings is 1. The molecule has 0 saturated heterocycles. The van der Waals surface area contributed by atoms with Crippen LogP contribution in [0.1, 0.15) is 22.3 Å². The van der Waals surface area contributed by atoms with Crippen LogP contribution in [0.5, 0.6) is 0 Å². The molecule has 29 aromatic rings. The van der Waals surface area contributed by atoms with Crippen LogP contribution in [0.2, 0.25) is 0 Å². The lowest BCUT2D eigenvalue weighted by molar-refractivity contribution is 0.673. The number of hydrogen-bond acceptors (Lipinski definition) is 8. The van der Waals surface area contributed by atoms with E-state index in [-0.39, 0.29) is 22.3 Å². The molecule has 29 rings (SSSR count). The standard InChI is InChI=1S/C44H28N4.C40H23N3S.C36H21N3O.3CH4/c1-3-13-29(14-4-1)43-35-19-7-10-20-38(35)45-44(46-43)48-40-22-12-9-18-34(40)37-28-31(24-26-42(37)48)30-23-25-41-36(27-30)33-17-8-11-21-39(33)47(41)32-15-5-2-6-16-32;1-2-13-25(14-3-1)36-31-23-22-24-12-4-5-15-26(24)37(31)42-40(41-36)43-32-20-10-8-18-29(32)34-27-16-6-7-17-28(27)35-30-19-9-11-21-33(30)44-39(35)38(34)43;1-2-12-22(13-3-1)33-25-16-6-9-19-28(25)37-36(38-33)39-29-20-10-7-17-26(29)31-32-27-18-8-11-21-30(27)40-35(32)24-15-5-4-14-23(24)34(31)39;;;/h1-28H;1-23H;1-21H;3*1H4. The molecule has 0 spiro atoms. The molecule has 11 nitrogen and oxygen atoms in total. The Balaban J connectivity index is 0.000000110. The Morgan fingerprint density at radius 2 is 0.607 bits per heavy atom. The normalized spacial score (nSPS) is 11.7. The van der Waals surface area contributed by atoms with E-state index in [2.05, 4.69) is 413 Å². The van der Waals surface area contributed by atoms with Crippen molar-refractivity contribution in [1.82, 2.24) is 48.2 Å². The van der Waals surface area contributed by atoms with Gasteiger partial charge in [-0.1, -0.05) is 368 Å². The summed E-state index contributed by atoms with van der Waals surface area (Å²) in [5, 5.41) is 24.6.